The molecule has 6 heteroatoms. The first-order chi connectivity index (χ1) is 16.6. The molecule has 0 saturated heterocycles. The van der Waals surface area contributed by atoms with Crippen molar-refractivity contribution in [3.63, 3.8) is 0 Å². The van der Waals surface area contributed by atoms with Gasteiger partial charge >= 0.3 is 5.97 Å². The zero-order valence-corrected chi connectivity index (χ0v) is 19.3. The summed E-state index contributed by atoms with van der Waals surface area (Å²) in [6.45, 7) is 3.39. The Kier molecular flexibility index (Phi) is 7.46. The van der Waals surface area contributed by atoms with E-state index in [4.69, 9.17) is 0 Å². The minimum Gasteiger partial charge on any atom is -0.481 e. The van der Waals surface area contributed by atoms with Crippen LogP contribution in [0, 0.1) is 11.3 Å². The monoisotopic (exact) mass is 454 g/mol. The van der Waals surface area contributed by atoms with E-state index < -0.39 is 11.9 Å². The fourth-order valence-corrected chi connectivity index (χ4v) is 4.60. The number of aliphatic carboxylic acids is 1. The van der Waals surface area contributed by atoms with Gasteiger partial charge in [0.05, 0.1) is 34.9 Å². The van der Waals surface area contributed by atoms with Gasteiger partial charge in [0.1, 0.15) is 6.07 Å². The van der Waals surface area contributed by atoms with Crippen molar-refractivity contribution in [1.82, 2.24) is 5.32 Å². The maximum atomic E-state index is 11.4. The minimum absolute atomic E-state index is 0.0457. The van der Waals surface area contributed by atoms with Crippen LogP contribution in [0.1, 0.15) is 47.6 Å². The fraction of sp³-hybridized carbons (Fsp3) is 0.286. The van der Waals surface area contributed by atoms with Crippen molar-refractivity contribution in [2.45, 2.75) is 37.8 Å². The van der Waals surface area contributed by atoms with Gasteiger partial charge in [-0.3, -0.25) is 4.79 Å². The van der Waals surface area contributed by atoms with Crippen LogP contribution < -0.4 is 16.0 Å². The van der Waals surface area contributed by atoms with Crippen molar-refractivity contribution in [1.29, 1.82) is 5.26 Å². The van der Waals surface area contributed by atoms with Gasteiger partial charge in [-0.25, -0.2) is 0 Å². The lowest BCUT2D eigenvalue weighted by Crippen LogP contribution is -2.44. The number of hydrogen-bond acceptors (Lipinski definition) is 5. The summed E-state index contributed by atoms with van der Waals surface area (Å²) >= 11 is 0. The number of rotatable bonds is 9. The molecule has 1 unspecified atom stereocenters. The molecule has 0 bridgehead atoms. The lowest BCUT2D eigenvalue weighted by atomic mass is 9.94. The van der Waals surface area contributed by atoms with E-state index in [0.29, 0.717) is 12.0 Å². The summed E-state index contributed by atoms with van der Waals surface area (Å²) < 4.78 is 0. The van der Waals surface area contributed by atoms with E-state index in [1.54, 1.807) is 0 Å². The molecule has 0 amide bonds. The number of carboxylic acid groups (broad SMARTS) is 1. The van der Waals surface area contributed by atoms with Crippen molar-refractivity contribution < 1.29 is 9.90 Å². The molecule has 4 rings (SSSR count). The Hall–Kier alpha value is -3.82. The fourth-order valence-electron chi connectivity index (χ4n) is 4.60. The highest BCUT2D eigenvalue weighted by atomic mass is 16.4. The Balaban J connectivity index is 1.46. The first-order valence-corrected chi connectivity index (χ1v) is 11.7. The summed E-state index contributed by atoms with van der Waals surface area (Å²) in [6, 6.07) is 26.3. The third kappa shape index (κ3) is 5.22. The average molecular weight is 455 g/mol. The van der Waals surface area contributed by atoms with Gasteiger partial charge in [0, 0.05) is 6.54 Å². The zero-order chi connectivity index (χ0) is 23.9. The average Bonchev–Trinajstić information content (AvgIpc) is 2.87. The molecule has 174 valence electrons. The van der Waals surface area contributed by atoms with Gasteiger partial charge in [-0.05, 0) is 48.2 Å². The van der Waals surface area contributed by atoms with E-state index in [0.717, 1.165) is 42.0 Å². The molecule has 0 radical (unpaired) electrons. The molecule has 0 saturated carbocycles. The normalized spacial score (nSPS) is 16.3. The molecule has 6 nitrogen and oxygen atoms in total. The third-order valence-electron chi connectivity index (χ3n) is 6.45. The van der Waals surface area contributed by atoms with Crippen LogP contribution in [0.3, 0.4) is 0 Å². The molecule has 4 N–H and O–H groups in total. The number of carbonyl (C=O) groups is 1. The lowest BCUT2D eigenvalue weighted by molar-refractivity contribution is -0.138. The highest BCUT2D eigenvalue weighted by Crippen LogP contribution is 2.33. The van der Waals surface area contributed by atoms with E-state index in [-0.39, 0.29) is 12.1 Å². The number of nitrogens with zero attached hydrogens (tertiary/aromatic N) is 1. The lowest BCUT2D eigenvalue weighted by Gasteiger charge is -2.35. The van der Waals surface area contributed by atoms with Crippen LogP contribution in [0.15, 0.2) is 72.8 Å². The van der Waals surface area contributed by atoms with Crippen LogP contribution in [-0.2, 0) is 11.2 Å². The van der Waals surface area contributed by atoms with Gasteiger partial charge in [0.25, 0.3) is 0 Å². The van der Waals surface area contributed by atoms with Gasteiger partial charge in [-0.15, -0.1) is 0 Å². The second-order valence-corrected chi connectivity index (χ2v) is 8.60. The quantitative estimate of drug-likeness (QED) is 0.367. The minimum atomic E-state index is -0.780. The SMILES string of the molecule is CCC(C(=O)O)c1ccc(CCN[C@H](c2ccccc2)[C@H]2CNc3cccc(C#N)c3N2)cc1. The van der Waals surface area contributed by atoms with E-state index in [2.05, 4.69) is 34.2 Å². The molecule has 0 aliphatic carbocycles. The molecule has 0 fully saturated rings. The van der Waals surface area contributed by atoms with Gasteiger partial charge in [-0.1, -0.05) is 67.6 Å². The van der Waals surface area contributed by atoms with Crippen molar-refractivity contribution >= 4 is 17.3 Å². The molecular weight excluding hydrogens is 424 g/mol. The maximum Gasteiger partial charge on any atom is 0.310 e. The molecule has 1 aliphatic rings. The molecule has 3 aromatic carbocycles. The largest absolute Gasteiger partial charge is 0.481 e. The molecule has 1 aliphatic heterocycles. The Bertz CT molecular complexity index is 1160. The zero-order valence-electron chi connectivity index (χ0n) is 19.3. The van der Waals surface area contributed by atoms with Crippen LogP contribution in [0.25, 0.3) is 0 Å². The summed E-state index contributed by atoms with van der Waals surface area (Å²) in [5.41, 5.74) is 5.63. The standard InChI is InChI=1S/C28H30N4O2/c1-2-23(28(33)34)20-13-11-19(12-14-20)15-16-30-26(21-7-4-3-5-8-21)25-18-31-24-10-6-9-22(17-29)27(24)32-25/h3-14,23,25-26,30-32H,2,15-16,18H2,1H3,(H,33,34)/t23?,25-,26-/m1/s1. The molecule has 0 aromatic heterocycles. The Morgan fingerprint density at radius 3 is 2.53 bits per heavy atom. The number of anilines is 2. The third-order valence-corrected chi connectivity index (χ3v) is 6.45. The Labute approximate surface area is 200 Å². The number of benzene rings is 3. The van der Waals surface area contributed by atoms with E-state index in [1.807, 2.05) is 67.6 Å². The first-order valence-electron chi connectivity index (χ1n) is 11.7. The number of carboxylic acids is 1. The highest BCUT2D eigenvalue weighted by molar-refractivity contribution is 5.77. The van der Waals surface area contributed by atoms with Crippen LogP contribution in [0.5, 0.6) is 0 Å². The van der Waals surface area contributed by atoms with Gasteiger partial charge in [0.2, 0.25) is 0 Å². The van der Waals surface area contributed by atoms with Crippen LogP contribution in [0.2, 0.25) is 0 Å². The van der Waals surface area contributed by atoms with Crippen molar-refractivity contribution in [2.24, 2.45) is 0 Å². The Morgan fingerprint density at radius 2 is 1.85 bits per heavy atom. The smallest absolute Gasteiger partial charge is 0.310 e. The van der Waals surface area contributed by atoms with E-state index in [1.165, 1.54) is 5.56 Å². The van der Waals surface area contributed by atoms with Crippen LogP contribution in [0.4, 0.5) is 11.4 Å². The van der Waals surface area contributed by atoms with Crippen molar-refractivity contribution in [2.75, 3.05) is 23.7 Å². The number of fused-ring (bicyclic) bond motifs is 1. The van der Waals surface area contributed by atoms with Crippen molar-refractivity contribution in [3.05, 3.63) is 95.1 Å². The highest BCUT2D eigenvalue weighted by Gasteiger charge is 2.28. The molecule has 3 aromatic rings. The number of nitrogens with one attached hydrogen (secondary N) is 3. The molecular formula is C28H30N4O2. The number of nitriles is 1. The summed E-state index contributed by atoms with van der Waals surface area (Å²) in [6.07, 6.45) is 1.40. The summed E-state index contributed by atoms with van der Waals surface area (Å²) in [5, 5.41) is 29.7. The second kappa shape index (κ2) is 10.9. The maximum absolute atomic E-state index is 11.4. The van der Waals surface area contributed by atoms with Gasteiger partial charge < -0.3 is 21.1 Å². The van der Waals surface area contributed by atoms with Crippen molar-refractivity contribution in [3.8, 4) is 6.07 Å². The van der Waals surface area contributed by atoms with Crippen LogP contribution >= 0.6 is 0 Å². The number of para-hydroxylation sites is 1. The Morgan fingerprint density at radius 1 is 1.09 bits per heavy atom. The summed E-state index contributed by atoms with van der Waals surface area (Å²) in [4.78, 5) is 11.4. The van der Waals surface area contributed by atoms with Gasteiger partial charge in [-0.2, -0.15) is 5.26 Å². The molecule has 1 heterocycles. The molecule has 0 spiro atoms. The predicted octanol–water partition coefficient (Wildman–Crippen LogP) is 4.92. The topological polar surface area (TPSA) is 97.2 Å². The van der Waals surface area contributed by atoms with Gasteiger partial charge in [0.15, 0.2) is 0 Å². The molecule has 3 atom stereocenters. The predicted molar refractivity (Wildman–Crippen MR) is 135 cm³/mol. The first kappa shape index (κ1) is 23.3. The van der Waals surface area contributed by atoms with E-state index >= 15 is 0 Å². The summed E-state index contributed by atoms with van der Waals surface area (Å²) in [7, 11) is 0. The second-order valence-electron chi connectivity index (χ2n) is 8.60. The summed E-state index contributed by atoms with van der Waals surface area (Å²) in [5.74, 6) is -1.24. The van der Waals surface area contributed by atoms with Crippen LogP contribution in [-0.4, -0.2) is 30.2 Å². The van der Waals surface area contributed by atoms with E-state index in [9.17, 15) is 15.2 Å². The number of hydrogen-bond donors (Lipinski definition) is 4. The molecule has 34 heavy (non-hydrogen) atoms.